The molecule has 1 aliphatic carbocycles. The van der Waals surface area contributed by atoms with Crippen molar-refractivity contribution < 1.29 is 0 Å². The number of aromatic nitrogens is 4. The molecule has 6 nitrogen and oxygen atoms in total. The van der Waals surface area contributed by atoms with Crippen molar-refractivity contribution in [2.75, 3.05) is 33.2 Å². The minimum atomic E-state index is 0.362. The van der Waals surface area contributed by atoms with Gasteiger partial charge in [-0.25, -0.2) is 4.68 Å². The second-order valence-electron chi connectivity index (χ2n) is 7.76. The predicted molar refractivity (Wildman–Crippen MR) is 91.2 cm³/mol. The summed E-state index contributed by atoms with van der Waals surface area (Å²) in [6, 6.07) is 0.872. The van der Waals surface area contributed by atoms with E-state index in [4.69, 9.17) is 0 Å². The summed E-state index contributed by atoms with van der Waals surface area (Å²) >= 11 is 0. The minimum Gasteiger partial charge on any atom is -0.304 e. The highest BCUT2D eigenvalue weighted by molar-refractivity contribution is 4.97. The van der Waals surface area contributed by atoms with Crippen molar-refractivity contribution in [2.24, 2.45) is 5.92 Å². The van der Waals surface area contributed by atoms with Crippen molar-refractivity contribution in [1.82, 2.24) is 30.0 Å². The summed E-state index contributed by atoms with van der Waals surface area (Å²) in [5, 5.41) is 12.9. The van der Waals surface area contributed by atoms with Gasteiger partial charge in [0, 0.05) is 26.2 Å². The third kappa shape index (κ3) is 4.10. The summed E-state index contributed by atoms with van der Waals surface area (Å²) in [5.41, 5.74) is 0. The van der Waals surface area contributed by atoms with Gasteiger partial charge in [0.2, 0.25) is 0 Å². The number of hydrogen-bond acceptors (Lipinski definition) is 5. The number of likely N-dealkylation sites (N-methyl/N-ethyl adjacent to an activating group) is 1. The predicted octanol–water partition coefficient (Wildman–Crippen LogP) is 2.51. The average molecular weight is 320 g/mol. The van der Waals surface area contributed by atoms with Crippen LogP contribution >= 0.6 is 0 Å². The highest BCUT2D eigenvalue weighted by Crippen LogP contribution is 2.33. The molecule has 130 valence electrons. The molecule has 1 atom stereocenters. The second kappa shape index (κ2) is 7.71. The van der Waals surface area contributed by atoms with Gasteiger partial charge in [0.05, 0.1) is 12.1 Å². The Hall–Kier alpha value is -1.01. The van der Waals surface area contributed by atoms with E-state index in [-0.39, 0.29) is 0 Å². The lowest BCUT2D eigenvalue weighted by molar-refractivity contribution is 0.0911. The SMILES string of the molecule is CC(C)C[C@@H](c1nnnn1C1CCCCC1)N1CCN(C)CC1. The number of hydrogen-bond donors (Lipinski definition) is 0. The van der Waals surface area contributed by atoms with Gasteiger partial charge in [-0.15, -0.1) is 5.10 Å². The normalized spacial score (nSPS) is 23.5. The van der Waals surface area contributed by atoms with E-state index >= 15 is 0 Å². The molecule has 1 saturated heterocycles. The number of nitrogens with zero attached hydrogens (tertiary/aromatic N) is 6. The molecule has 0 bridgehead atoms. The monoisotopic (exact) mass is 320 g/mol. The molecule has 2 heterocycles. The van der Waals surface area contributed by atoms with E-state index in [1.807, 2.05) is 0 Å². The first-order valence-corrected chi connectivity index (χ1v) is 9.35. The Kier molecular flexibility index (Phi) is 5.64. The van der Waals surface area contributed by atoms with Gasteiger partial charge in [-0.1, -0.05) is 33.1 Å². The molecule has 1 aromatic heterocycles. The third-order valence-corrected chi connectivity index (χ3v) is 5.41. The van der Waals surface area contributed by atoms with E-state index in [2.05, 4.69) is 50.9 Å². The van der Waals surface area contributed by atoms with Crippen LogP contribution < -0.4 is 0 Å². The summed E-state index contributed by atoms with van der Waals surface area (Å²) in [5.74, 6) is 1.76. The van der Waals surface area contributed by atoms with Crippen LogP contribution in [0.2, 0.25) is 0 Å². The third-order valence-electron chi connectivity index (χ3n) is 5.41. The summed E-state index contributed by atoms with van der Waals surface area (Å²) < 4.78 is 2.17. The number of rotatable bonds is 5. The summed E-state index contributed by atoms with van der Waals surface area (Å²) in [6.07, 6.45) is 7.59. The van der Waals surface area contributed by atoms with Crippen LogP contribution in [-0.2, 0) is 0 Å². The first-order valence-electron chi connectivity index (χ1n) is 9.35. The van der Waals surface area contributed by atoms with E-state index in [0.717, 1.165) is 38.4 Å². The maximum atomic E-state index is 4.49. The molecule has 23 heavy (non-hydrogen) atoms. The quantitative estimate of drug-likeness (QED) is 0.834. The maximum Gasteiger partial charge on any atom is 0.168 e. The fourth-order valence-corrected chi connectivity index (χ4v) is 4.00. The van der Waals surface area contributed by atoms with E-state index < -0.39 is 0 Å². The molecule has 0 spiro atoms. The Labute approximate surface area is 140 Å². The van der Waals surface area contributed by atoms with Gasteiger partial charge < -0.3 is 4.90 Å². The van der Waals surface area contributed by atoms with Gasteiger partial charge in [0.25, 0.3) is 0 Å². The molecule has 1 aromatic rings. The maximum absolute atomic E-state index is 4.49. The first kappa shape index (κ1) is 16.8. The van der Waals surface area contributed by atoms with Gasteiger partial charge in [-0.2, -0.15) is 0 Å². The molecule has 0 N–H and O–H groups in total. The number of tetrazole rings is 1. The topological polar surface area (TPSA) is 50.1 Å². The van der Waals surface area contributed by atoms with Crippen LogP contribution in [0.25, 0.3) is 0 Å². The molecule has 1 aliphatic heterocycles. The summed E-state index contributed by atoms with van der Waals surface area (Å²) in [7, 11) is 2.21. The van der Waals surface area contributed by atoms with Crippen LogP contribution in [0.4, 0.5) is 0 Å². The zero-order valence-corrected chi connectivity index (χ0v) is 15.0. The second-order valence-corrected chi connectivity index (χ2v) is 7.76. The van der Waals surface area contributed by atoms with E-state index in [9.17, 15) is 0 Å². The van der Waals surface area contributed by atoms with E-state index in [1.54, 1.807) is 0 Å². The molecule has 0 unspecified atom stereocenters. The molecule has 0 radical (unpaired) electrons. The van der Waals surface area contributed by atoms with Crippen molar-refractivity contribution in [3.63, 3.8) is 0 Å². The van der Waals surface area contributed by atoms with E-state index in [0.29, 0.717) is 18.0 Å². The molecule has 0 aromatic carbocycles. The molecule has 1 saturated carbocycles. The van der Waals surface area contributed by atoms with Crippen molar-refractivity contribution in [3.8, 4) is 0 Å². The fourth-order valence-electron chi connectivity index (χ4n) is 4.00. The largest absolute Gasteiger partial charge is 0.304 e. The lowest BCUT2D eigenvalue weighted by Gasteiger charge is -2.38. The Morgan fingerprint density at radius 2 is 1.74 bits per heavy atom. The van der Waals surface area contributed by atoms with Gasteiger partial charge in [0.15, 0.2) is 5.82 Å². The van der Waals surface area contributed by atoms with Crippen LogP contribution in [0, 0.1) is 5.92 Å². The zero-order chi connectivity index (χ0) is 16.2. The molecule has 2 fully saturated rings. The highest BCUT2D eigenvalue weighted by Gasteiger charge is 2.31. The van der Waals surface area contributed by atoms with Crippen LogP contribution in [0.3, 0.4) is 0 Å². The summed E-state index contributed by atoms with van der Waals surface area (Å²) in [4.78, 5) is 5.01. The Morgan fingerprint density at radius 3 is 2.39 bits per heavy atom. The number of piperazine rings is 1. The average Bonchev–Trinajstić information content (AvgIpc) is 3.03. The van der Waals surface area contributed by atoms with E-state index in [1.165, 1.54) is 32.1 Å². The molecule has 6 heteroatoms. The van der Waals surface area contributed by atoms with Gasteiger partial charge in [-0.05, 0) is 42.7 Å². The lowest BCUT2D eigenvalue weighted by Crippen LogP contribution is -2.46. The Balaban J connectivity index is 1.80. The fraction of sp³-hybridized carbons (Fsp3) is 0.941. The van der Waals surface area contributed by atoms with Gasteiger partial charge in [-0.3, -0.25) is 4.90 Å². The van der Waals surface area contributed by atoms with Crippen molar-refractivity contribution >= 4 is 0 Å². The van der Waals surface area contributed by atoms with Crippen LogP contribution in [-0.4, -0.2) is 63.2 Å². The van der Waals surface area contributed by atoms with Gasteiger partial charge >= 0.3 is 0 Å². The van der Waals surface area contributed by atoms with Crippen LogP contribution in [0.15, 0.2) is 0 Å². The highest BCUT2D eigenvalue weighted by atomic mass is 15.6. The standard InChI is InChI=1S/C17H32N6/c1-14(2)13-16(22-11-9-21(3)10-12-22)17-18-19-20-23(17)15-7-5-4-6-8-15/h14-16H,4-13H2,1-3H3/t16-/m0/s1. The van der Waals surface area contributed by atoms with Crippen molar-refractivity contribution in [1.29, 1.82) is 0 Å². The van der Waals surface area contributed by atoms with Crippen molar-refractivity contribution in [2.45, 2.75) is 64.5 Å². The first-order chi connectivity index (χ1) is 11.1. The molecule has 2 aliphatic rings. The van der Waals surface area contributed by atoms with Crippen molar-refractivity contribution in [3.05, 3.63) is 5.82 Å². The minimum absolute atomic E-state index is 0.362. The van der Waals surface area contributed by atoms with Gasteiger partial charge in [0.1, 0.15) is 0 Å². The zero-order valence-electron chi connectivity index (χ0n) is 15.0. The van der Waals surface area contributed by atoms with Crippen LogP contribution in [0.1, 0.15) is 70.3 Å². The molecular formula is C17H32N6. The Morgan fingerprint density at radius 1 is 1.04 bits per heavy atom. The van der Waals surface area contributed by atoms with Crippen LogP contribution in [0.5, 0.6) is 0 Å². The summed E-state index contributed by atoms with van der Waals surface area (Å²) in [6.45, 7) is 9.12. The molecule has 0 amide bonds. The lowest BCUT2D eigenvalue weighted by atomic mass is 9.94. The Bertz CT molecular complexity index is 471. The smallest absolute Gasteiger partial charge is 0.168 e. The molecule has 3 rings (SSSR count). The molecular weight excluding hydrogens is 288 g/mol.